The first-order valence-electron chi connectivity index (χ1n) is 3.84. The topological polar surface area (TPSA) is 38.9 Å². The highest BCUT2D eigenvalue weighted by molar-refractivity contribution is 9.10. The fraction of sp³-hybridized carbons (Fsp3) is 0.222. The Balaban J connectivity index is 2.99. The van der Waals surface area contributed by atoms with Gasteiger partial charge in [-0.15, -0.1) is 0 Å². The molecule has 0 bridgehead atoms. The molecule has 0 aromatic carbocycles. The van der Waals surface area contributed by atoms with Crippen molar-refractivity contribution in [2.75, 3.05) is 6.54 Å². The summed E-state index contributed by atoms with van der Waals surface area (Å²) >= 11 is 3.21. The summed E-state index contributed by atoms with van der Waals surface area (Å²) in [7, 11) is 0. The molecule has 0 radical (unpaired) electrons. The van der Waals surface area contributed by atoms with Crippen LogP contribution in [-0.2, 0) is 0 Å². The van der Waals surface area contributed by atoms with Gasteiger partial charge in [-0.25, -0.2) is 4.98 Å². The lowest BCUT2D eigenvalue weighted by molar-refractivity contribution is 0.578. The molecule has 0 amide bonds. The summed E-state index contributed by atoms with van der Waals surface area (Å²) in [4.78, 5) is 3.57. The molecule has 0 saturated heterocycles. The molecule has 0 fully saturated rings. The van der Waals surface area contributed by atoms with Crippen molar-refractivity contribution in [2.24, 2.45) is 5.73 Å². The lowest BCUT2D eigenvalue weighted by atomic mass is 10.1. The van der Waals surface area contributed by atoms with Crippen LogP contribution in [0.25, 0.3) is 5.57 Å². The molecule has 0 aliphatic carbocycles. The predicted molar refractivity (Wildman–Crippen MR) is 54.6 cm³/mol. The fourth-order valence-corrected chi connectivity index (χ4v) is 1.31. The Bertz CT molecular complexity index is 325. The summed E-state index contributed by atoms with van der Waals surface area (Å²) in [5.74, 6) is -0.498. The Hall–Kier alpha value is -0.740. The summed E-state index contributed by atoms with van der Waals surface area (Å²) in [6.07, 6.45) is 1.99. The first-order valence-corrected chi connectivity index (χ1v) is 4.63. The molecule has 1 rings (SSSR count). The van der Waals surface area contributed by atoms with E-state index in [-0.39, 0.29) is 0 Å². The average molecular weight is 245 g/mol. The molecule has 0 aliphatic heterocycles. The van der Waals surface area contributed by atoms with E-state index in [2.05, 4.69) is 27.5 Å². The fourth-order valence-electron chi connectivity index (χ4n) is 0.979. The largest absolute Gasteiger partial charge is 0.330 e. The Morgan fingerprint density at radius 1 is 1.69 bits per heavy atom. The van der Waals surface area contributed by atoms with Gasteiger partial charge in [0, 0.05) is 16.2 Å². The molecule has 1 aromatic heterocycles. The first kappa shape index (κ1) is 10.3. The average Bonchev–Trinajstić information content (AvgIpc) is 2.09. The van der Waals surface area contributed by atoms with E-state index in [1.54, 1.807) is 6.07 Å². The molecule has 0 aliphatic rings. The maximum absolute atomic E-state index is 13.1. The SMILES string of the molecule is C=C(CCN)c1cc(Br)cnc1F. The van der Waals surface area contributed by atoms with Crippen LogP contribution >= 0.6 is 15.9 Å². The van der Waals surface area contributed by atoms with E-state index in [0.29, 0.717) is 24.1 Å². The van der Waals surface area contributed by atoms with E-state index in [4.69, 9.17) is 5.73 Å². The van der Waals surface area contributed by atoms with Crippen LogP contribution in [0.5, 0.6) is 0 Å². The smallest absolute Gasteiger partial charge is 0.220 e. The minimum absolute atomic E-state index is 0.430. The Labute approximate surface area is 84.8 Å². The van der Waals surface area contributed by atoms with Crippen molar-refractivity contribution in [2.45, 2.75) is 6.42 Å². The summed E-state index contributed by atoms with van der Waals surface area (Å²) in [5.41, 5.74) is 6.44. The van der Waals surface area contributed by atoms with Crippen LogP contribution in [0, 0.1) is 5.95 Å². The van der Waals surface area contributed by atoms with Crippen molar-refractivity contribution in [3.63, 3.8) is 0 Å². The first-order chi connectivity index (χ1) is 6.15. The molecule has 4 heteroatoms. The number of aromatic nitrogens is 1. The molecular formula is C9H10BrFN2. The van der Waals surface area contributed by atoms with E-state index >= 15 is 0 Å². The van der Waals surface area contributed by atoms with Crippen molar-refractivity contribution in [1.82, 2.24) is 4.98 Å². The lowest BCUT2D eigenvalue weighted by Gasteiger charge is -2.04. The minimum atomic E-state index is -0.498. The number of rotatable bonds is 3. The van der Waals surface area contributed by atoms with Gasteiger partial charge in [0.15, 0.2) is 0 Å². The molecule has 13 heavy (non-hydrogen) atoms. The zero-order chi connectivity index (χ0) is 9.84. The van der Waals surface area contributed by atoms with Gasteiger partial charge in [0.05, 0.1) is 0 Å². The van der Waals surface area contributed by atoms with Crippen LogP contribution in [0.15, 0.2) is 23.3 Å². The standard InChI is InChI=1S/C9H10BrFN2/c1-6(2-3-12)8-4-7(10)5-13-9(8)11/h4-5H,1-3,12H2. The highest BCUT2D eigenvalue weighted by Crippen LogP contribution is 2.21. The zero-order valence-electron chi connectivity index (χ0n) is 7.06. The third kappa shape index (κ3) is 2.60. The second-order valence-electron chi connectivity index (χ2n) is 2.63. The molecule has 1 aromatic rings. The molecule has 0 spiro atoms. The van der Waals surface area contributed by atoms with Crippen LogP contribution in [-0.4, -0.2) is 11.5 Å². The number of pyridine rings is 1. The molecule has 2 N–H and O–H groups in total. The number of hydrogen-bond donors (Lipinski definition) is 1. The molecule has 2 nitrogen and oxygen atoms in total. The van der Waals surface area contributed by atoms with E-state index in [9.17, 15) is 4.39 Å². The summed E-state index contributed by atoms with van der Waals surface area (Å²) in [6, 6.07) is 1.65. The van der Waals surface area contributed by atoms with Gasteiger partial charge in [-0.2, -0.15) is 4.39 Å². The van der Waals surface area contributed by atoms with E-state index in [1.807, 2.05) is 0 Å². The van der Waals surface area contributed by atoms with Gasteiger partial charge in [-0.1, -0.05) is 6.58 Å². The maximum Gasteiger partial charge on any atom is 0.220 e. The number of halogens is 2. The molecular weight excluding hydrogens is 235 g/mol. The number of hydrogen-bond acceptors (Lipinski definition) is 2. The van der Waals surface area contributed by atoms with Gasteiger partial charge >= 0.3 is 0 Å². The van der Waals surface area contributed by atoms with E-state index in [0.717, 1.165) is 4.47 Å². The van der Waals surface area contributed by atoms with E-state index < -0.39 is 5.95 Å². The second-order valence-corrected chi connectivity index (χ2v) is 3.55. The minimum Gasteiger partial charge on any atom is -0.330 e. The lowest BCUT2D eigenvalue weighted by Crippen LogP contribution is -2.01. The van der Waals surface area contributed by atoms with E-state index in [1.165, 1.54) is 6.20 Å². The summed E-state index contributed by atoms with van der Waals surface area (Å²) in [5, 5.41) is 0. The number of nitrogens with two attached hydrogens (primary N) is 1. The van der Waals surface area contributed by atoms with Crippen molar-refractivity contribution in [1.29, 1.82) is 0 Å². The predicted octanol–water partition coefficient (Wildman–Crippen LogP) is 2.35. The second kappa shape index (κ2) is 4.48. The van der Waals surface area contributed by atoms with Gasteiger partial charge in [-0.3, -0.25) is 0 Å². The Kier molecular flexibility index (Phi) is 3.57. The third-order valence-corrected chi connectivity index (χ3v) is 2.07. The Morgan fingerprint density at radius 2 is 2.38 bits per heavy atom. The van der Waals surface area contributed by atoms with Gasteiger partial charge in [0.1, 0.15) is 0 Å². The van der Waals surface area contributed by atoms with Gasteiger partial charge in [0.2, 0.25) is 5.95 Å². The van der Waals surface area contributed by atoms with Crippen LogP contribution in [0.2, 0.25) is 0 Å². The van der Waals surface area contributed by atoms with Crippen LogP contribution in [0.3, 0.4) is 0 Å². The van der Waals surface area contributed by atoms with Gasteiger partial charge in [-0.05, 0) is 40.5 Å². The highest BCUT2D eigenvalue weighted by atomic mass is 79.9. The van der Waals surface area contributed by atoms with Crippen molar-refractivity contribution >= 4 is 21.5 Å². The van der Waals surface area contributed by atoms with Crippen molar-refractivity contribution in [3.05, 3.63) is 34.8 Å². The van der Waals surface area contributed by atoms with Crippen LogP contribution in [0.1, 0.15) is 12.0 Å². The monoisotopic (exact) mass is 244 g/mol. The Morgan fingerprint density at radius 3 is 3.00 bits per heavy atom. The summed E-state index contributed by atoms with van der Waals surface area (Å²) in [6.45, 7) is 4.20. The molecule has 70 valence electrons. The molecule has 0 atom stereocenters. The highest BCUT2D eigenvalue weighted by Gasteiger charge is 2.06. The molecule has 0 unspecified atom stereocenters. The molecule has 0 saturated carbocycles. The number of nitrogens with zero attached hydrogens (tertiary/aromatic N) is 1. The molecule has 1 heterocycles. The third-order valence-electron chi connectivity index (χ3n) is 1.63. The maximum atomic E-state index is 13.1. The zero-order valence-corrected chi connectivity index (χ0v) is 8.64. The van der Waals surface area contributed by atoms with Crippen molar-refractivity contribution < 1.29 is 4.39 Å². The summed E-state index contributed by atoms with van der Waals surface area (Å²) < 4.78 is 13.8. The van der Waals surface area contributed by atoms with Gasteiger partial charge < -0.3 is 5.73 Å². The van der Waals surface area contributed by atoms with Crippen LogP contribution in [0.4, 0.5) is 4.39 Å². The normalized spacial score (nSPS) is 10.1. The van der Waals surface area contributed by atoms with Crippen LogP contribution < -0.4 is 5.73 Å². The van der Waals surface area contributed by atoms with Gasteiger partial charge in [0.25, 0.3) is 0 Å². The quantitative estimate of drug-likeness (QED) is 0.830. The van der Waals surface area contributed by atoms with Crippen molar-refractivity contribution in [3.8, 4) is 0 Å².